The van der Waals surface area contributed by atoms with Crippen molar-refractivity contribution in [3.8, 4) is 0 Å². The molecule has 0 fully saturated rings. The lowest BCUT2D eigenvalue weighted by molar-refractivity contribution is 0.597. The van der Waals surface area contributed by atoms with Crippen molar-refractivity contribution in [1.82, 2.24) is 0 Å². The fourth-order valence-corrected chi connectivity index (χ4v) is 1.81. The summed E-state index contributed by atoms with van der Waals surface area (Å²) in [5, 5.41) is 0. The van der Waals surface area contributed by atoms with Crippen LogP contribution in [0.1, 0.15) is 6.92 Å². The maximum atomic E-state index is 11.3. The van der Waals surface area contributed by atoms with Gasteiger partial charge in [-0.05, 0) is 24.3 Å². The van der Waals surface area contributed by atoms with Gasteiger partial charge in [0, 0.05) is 5.69 Å². The number of rotatable bonds is 3. The highest BCUT2D eigenvalue weighted by atomic mass is 32.2. The molecule has 4 nitrogen and oxygen atoms in total. The minimum Gasteiger partial charge on any atom is -0.324 e. The zero-order valence-corrected chi connectivity index (χ0v) is 8.14. The van der Waals surface area contributed by atoms with Gasteiger partial charge in [0.2, 0.25) is 0 Å². The molecule has 0 bridgehead atoms. The number of sulfone groups is 1. The summed E-state index contributed by atoms with van der Waals surface area (Å²) in [7, 11) is -3.09. The summed E-state index contributed by atoms with van der Waals surface area (Å²) in [6.07, 6.45) is 0. The van der Waals surface area contributed by atoms with E-state index in [1.165, 1.54) is 12.1 Å². The molecular weight excluding hydrogens is 188 g/mol. The topological polar surface area (TPSA) is 72.2 Å². The zero-order valence-electron chi connectivity index (χ0n) is 7.32. The van der Waals surface area contributed by atoms with E-state index in [-0.39, 0.29) is 5.75 Å². The van der Waals surface area contributed by atoms with Crippen molar-refractivity contribution in [3.63, 3.8) is 0 Å². The Balaban J connectivity index is 3.06. The van der Waals surface area contributed by atoms with E-state index in [0.29, 0.717) is 10.6 Å². The van der Waals surface area contributed by atoms with Gasteiger partial charge in [-0.1, -0.05) is 6.92 Å². The van der Waals surface area contributed by atoms with Crippen LogP contribution in [-0.2, 0) is 9.84 Å². The van der Waals surface area contributed by atoms with E-state index in [1.807, 2.05) is 0 Å². The van der Waals surface area contributed by atoms with E-state index in [2.05, 4.69) is 5.43 Å². The first kappa shape index (κ1) is 10.0. The first-order valence-electron chi connectivity index (χ1n) is 3.89. The van der Waals surface area contributed by atoms with Gasteiger partial charge in [-0.3, -0.25) is 5.84 Å². The fraction of sp³-hybridized carbons (Fsp3) is 0.250. The summed E-state index contributed by atoms with van der Waals surface area (Å²) >= 11 is 0. The van der Waals surface area contributed by atoms with Crippen molar-refractivity contribution < 1.29 is 8.42 Å². The van der Waals surface area contributed by atoms with Gasteiger partial charge in [-0.2, -0.15) is 0 Å². The van der Waals surface area contributed by atoms with Gasteiger partial charge in [0.25, 0.3) is 0 Å². The third kappa shape index (κ3) is 2.19. The second kappa shape index (κ2) is 3.76. The predicted molar refractivity (Wildman–Crippen MR) is 52.0 cm³/mol. The Morgan fingerprint density at radius 2 is 1.85 bits per heavy atom. The van der Waals surface area contributed by atoms with Gasteiger partial charge in [-0.25, -0.2) is 8.42 Å². The molecule has 0 saturated heterocycles. The molecule has 0 unspecified atom stereocenters. The third-order valence-electron chi connectivity index (χ3n) is 1.76. The van der Waals surface area contributed by atoms with Crippen molar-refractivity contribution in [1.29, 1.82) is 0 Å². The quantitative estimate of drug-likeness (QED) is 0.558. The Morgan fingerprint density at radius 1 is 1.31 bits per heavy atom. The Hall–Kier alpha value is -1.07. The average Bonchev–Trinajstić information content (AvgIpc) is 2.18. The summed E-state index contributed by atoms with van der Waals surface area (Å²) in [6, 6.07) is 6.33. The van der Waals surface area contributed by atoms with Crippen LogP contribution < -0.4 is 11.3 Å². The summed E-state index contributed by atoms with van der Waals surface area (Å²) in [5.74, 6) is 5.26. The largest absolute Gasteiger partial charge is 0.324 e. The molecule has 1 rings (SSSR count). The van der Waals surface area contributed by atoms with Crippen LogP contribution in [-0.4, -0.2) is 14.2 Å². The smallest absolute Gasteiger partial charge is 0.178 e. The summed E-state index contributed by atoms with van der Waals surface area (Å²) < 4.78 is 22.7. The molecule has 0 aliphatic heterocycles. The van der Waals surface area contributed by atoms with Crippen molar-refractivity contribution in [2.75, 3.05) is 11.2 Å². The third-order valence-corrected chi connectivity index (χ3v) is 3.51. The van der Waals surface area contributed by atoms with Gasteiger partial charge < -0.3 is 5.43 Å². The molecule has 0 spiro atoms. The molecule has 0 radical (unpaired) electrons. The normalized spacial score (nSPS) is 11.2. The first-order valence-corrected chi connectivity index (χ1v) is 5.55. The highest BCUT2D eigenvalue weighted by Gasteiger charge is 2.09. The van der Waals surface area contributed by atoms with Crippen LogP contribution in [0, 0.1) is 0 Å². The van der Waals surface area contributed by atoms with E-state index in [1.54, 1.807) is 19.1 Å². The number of nitrogens with two attached hydrogens (primary N) is 1. The molecule has 0 amide bonds. The van der Waals surface area contributed by atoms with Crippen LogP contribution in [0.5, 0.6) is 0 Å². The maximum absolute atomic E-state index is 11.3. The van der Waals surface area contributed by atoms with Crippen molar-refractivity contribution in [2.45, 2.75) is 11.8 Å². The lowest BCUT2D eigenvalue weighted by Crippen LogP contribution is -2.07. The second-order valence-electron chi connectivity index (χ2n) is 2.57. The molecule has 0 aromatic heterocycles. The zero-order chi connectivity index (χ0) is 9.90. The predicted octanol–water partition coefficient (Wildman–Crippen LogP) is 0.766. The van der Waals surface area contributed by atoms with E-state index in [9.17, 15) is 8.42 Å². The van der Waals surface area contributed by atoms with Crippen LogP contribution in [0.4, 0.5) is 5.69 Å². The fourth-order valence-electron chi connectivity index (χ4n) is 0.925. The molecule has 0 atom stereocenters. The second-order valence-corrected chi connectivity index (χ2v) is 4.85. The molecule has 72 valence electrons. The van der Waals surface area contributed by atoms with Gasteiger partial charge in [0.15, 0.2) is 9.84 Å². The Bertz CT molecular complexity index is 370. The van der Waals surface area contributed by atoms with E-state index >= 15 is 0 Å². The number of nitrogens with one attached hydrogen (secondary N) is 1. The first-order chi connectivity index (χ1) is 6.10. The summed E-state index contributed by atoms with van der Waals surface area (Å²) in [4.78, 5) is 0.328. The molecule has 1 aromatic rings. The van der Waals surface area contributed by atoms with E-state index in [4.69, 9.17) is 5.84 Å². The molecule has 0 aliphatic rings. The van der Waals surface area contributed by atoms with E-state index in [0.717, 1.165) is 0 Å². The van der Waals surface area contributed by atoms with Gasteiger partial charge >= 0.3 is 0 Å². The molecule has 3 N–H and O–H groups in total. The van der Waals surface area contributed by atoms with E-state index < -0.39 is 9.84 Å². The number of hydrogen-bond donors (Lipinski definition) is 2. The Morgan fingerprint density at radius 3 is 2.23 bits per heavy atom. The Kier molecular flexibility index (Phi) is 2.90. The van der Waals surface area contributed by atoms with Gasteiger partial charge in [0.05, 0.1) is 10.6 Å². The van der Waals surface area contributed by atoms with Crippen LogP contribution in [0.15, 0.2) is 29.2 Å². The minimum atomic E-state index is -3.09. The van der Waals surface area contributed by atoms with Crippen LogP contribution in [0.25, 0.3) is 0 Å². The summed E-state index contributed by atoms with van der Waals surface area (Å²) in [5.41, 5.74) is 3.12. The monoisotopic (exact) mass is 200 g/mol. The van der Waals surface area contributed by atoms with Crippen molar-refractivity contribution in [2.24, 2.45) is 5.84 Å². The van der Waals surface area contributed by atoms with Crippen LogP contribution >= 0.6 is 0 Å². The standard InChI is InChI=1S/C8H12N2O2S/c1-2-13(11,12)8-5-3-7(10-9)4-6-8/h3-6,10H,2,9H2,1H3. The molecule has 1 aromatic carbocycles. The molecule has 0 heterocycles. The highest BCUT2D eigenvalue weighted by molar-refractivity contribution is 7.91. The molecular formula is C8H12N2O2S. The molecule has 13 heavy (non-hydrogen) atoms. The van der Waals surface area contributed by atoms with Crippen LogP contribution in [0.2, 0.25) is 0 Å². The van der Waals surface area contributed by atoms with Crippen molar-refractivity contribution >= 4 is 15.5 Å². The van der Waals surface area contributed by atoms with Gasteiger partial charge in [-0.15, -0.1) is 0 Å². The van der Waals surface area contributed by atoms with Gasteiger partial charge in [0.1, 0.15) is 0 Å². The SMILES string of the molecule is CCS(=O)(=O)c1ccc(NN)cc1. The average molecular weight is 200 g/mol. The number of hydrazine groups is 1. The number of benzene rings is 1. The highest BCUT2D eigenvalue weighted by Crippen LogP contribution is 2.14. The Labute approximate surface area is 77.6 Å². The molecule has 0 aliphatic carbocycles. The number of nitrogen functional groups attached to an aromatic ring is 1. The minimum absolute atomic E-state index is 0.113. The van der Waals surface area contributed by atoms with Crippen LogP contribution in [0.3, 0.4) is 0 Å². The maximum Gasteiger partial charge on any atom is 0.178 e. The number of hydrogen-bond acceptors (Lipinski definition) is 4. The number of anilines is 1. The summed E-state index contributed by atoms with van der Waals surface area (Å²) in [6.45, 7) is 1.62. The lowest BCUT2D eigenvalue weighted by Gasteiger charge is -2.02. The van der Waals surface area contributed by atoms with Crippen molar-refractivity contribution in [3.05, 3.63) is 24.3 Å². The lowest BCUT2D eigenvalue weighted by atomic mass is 10.3. The molecule has 5 heteroatoms. The molecule has 0 saturated carbocycles.